The molecule has 61 heavy (non-hydrogen) atoms. The fourth-order valence-corrected chi connectivity index (χ4v) is 3.92. The van der Waals surface area contributed by atoms with Crippen LogP contribution in [0.1, 0.15) is 36.2 Å². The minimum Gasteiger partial charge on any atom is -0.616 e. The molecule has 0 aliphatic heterocycles. The number of hydrogen-bond acceptors (Lipinski definition) is 18. The molecule has 5 aromatic rings. The van der Waals surface area contributed by atoms with Crippen molar-refractivity contribution in [2.45, 2.75) is 38.1 Å². The molecule has 0 radical (unpaired) electrons. The van der Waals surface area contributed by atoms with Crippen molar-refractivity contribution in [1.82, 2.24) is 39.9 Å². The Kier molecular flexibility index (Phi) is 37.0. The van der Waals surface area contributed by atoms with Gasteiger partial charge in [0.25, 0.3) is 0 Å². The van der Waals surface area contributed by atoms with Crippen LogP contribution >= 0.6 is 18.8 Å². The molecular formula is C32H47LiN14NaO11P2+. The number of carbonyl (C=O) groups is 3. The number of H-pyrrole nitrogens is 4. The van der Waals surface area contributed by atoms with Crippen molar-refractivity contribution in [2.24, 2.45) is 16.1 Å². The van der Waals surface area contributed by atoms with Gasteiger partial charge in [-0.3, -0.25) is 19.4 Å². The number of imidazole rings is 4. The first kappa shape index (κ1) is 60.0. The predicted molar refractivity (Wildman–Crippen MR) is 222 cm³/mol. The van der Waals surface area contributed by atoms with E-state index in [1.54, 1.807) is 18.6 Å². The Morgan fingerprint density at radius 3 is 1.85 bits per heavy atom. The van der Waals surface area contributed by atoms with Gasteiger partial charge in [-0.25, -0.2) is 19.9 Å². The van der Waals surface area contributed by atoms with Crippen LogP contribution in [0.4, 0.5) is 17.8 Å². The Balaban J connectivity index is -0.000000332. The molecule has 29 heteroatoms. The number of anilines is 3. The van der Waals surface area contributed by atoms with E-state index in [0.29, 0.717) is 42.5 Å². The van der Waals surface area contributed by atoms with Gasteiger partial charge in [0.1, 0.15) is 6.04 Å². The predicted octanol–water partition coefficient (Wildman–Crippen LogP) is -4.96. The third-order valence-corrected chi connectivity index (χ3v) is 6.79. The van der Waals surface area contributed by atoms with E-state index in [1.807, 2.05) is 30.3 Å². The number of aliphatic hydroxyl groups excluding tert-OH is 1. The smallest absolute Gasteiger partial charge is 0.616 e. The van der Waals surface area contributed by atoms with Gasteiger partial charge in [-0.05, 0) is 44.3 Å². The Morgan fingerprint density at radius 2 is 1.44 bits per heavy atom. The molecule has 4 aromatic heterocycles. The maximum Gasteiger partial charge on any atom is 1.00 e. The Bertz CT molecular complexity index is 1960. The van der Waals surface area contributed by atoms with Crippen molar-refractivity contribution in [3.63, 3.8) is 0 Å². The van der Waals surface area contributed by atoms with Gasteiger partial charge in [-0.2, -0.15) is 0 Å². The van der Waals surface area contributed by atoms with E-state index >= 15 is 0 Å². The summed E-state index contributed by atoms with van der Waals surface area (Å²) in [5.41, 5.74) is 14.4. The number of aliphatic hydroxyl groups is 1. The van der Waals surface area contributed by atoms with Crippen LogP contribution in [0.15, 0.2) is 83.9 Å². The maximum atomic E-state index is 10.6. The van der Waals surface area contributed by atoms with E-state index < -0.39 is 29.9 Å². The van der Waals surface area contributed by atoms with Gasteiger partial charge in [0.15, 0.2) is 5.95 Å². The molecule has 0 saturated heterocycles. The normalized spacial score (nSPS) is 10.1. The van der Waals surface area contributed by atoms with E-state index in [0.717, 1.165) is 28.5 Å². The van der Waals surface area contributed by atoms with Crippen LogP contribution < -0.4 is 75.2 Å². The van der Waals surface area contributed by atoms with Crippen LogP contribution in [-0.4, -0.2) is 104 Å². The summed E-state index contributed by atoms with van der Waals surface area (Å²) < 4.78 is 4.38. The molecule has 14 N–H and O–H groups in total. The zero-order valence-corrected chi connectivity index (χ0v) is 37.7. The number of nitrogen functional groups attached to an aromatic ring is 1. The molecule has 322 valence electrons. The van der Waals surface area contributed by atoms with Crippen molar-refractivity contribution in [1.29, 1.82) is 0 Å². The molecular weight excluding hydrogens is 848 g/mol. The minimum absolute atomic E-state index is 0. The van der Waals surface area contributed by atoms with Gasteiger partial charge in [-0.15, -0.1) is 5.34 Å². The first-order valence-corrected chi connectivity index (χ1v) is 17.6. The molecule has 0 aliphatic rings. The number of benzene rings is 1. The summed E-state index contributed by atoms with van der Waals surface area (Å²) in [4.78, 5) is 68.7. The standard InChI is InChI=1S/C10H11NO2.C7H13N4O2P.C5H7N3O2.C5H10N3OP.C5H6N2O2.Li.HNO2.Na/c1-13-10(12)8-11-7-9-5-3-2-4-6-9;8-5(6(12)13)2-1-4-3-9-7(10-4)11-14;6-5-7-2-3(8-5)1-4(9)10;9-2-1-4-3-6-5(7-4)8-10;8-5(9)1-4-2-6-3-7-4;;2-1-3;/h2-8,12H,1H3;3,5H,1-2,8,14H2,(H,12,13)(H2,9,10,11);2H,1H2,(H,9,10)(H3,6,7,8);3,9H,1-2,10H2,(H2,6,7,8);2-3H,1H2,(H,6,7)(H,8,9);;(H,2,3);/q;;;;;+1;;+1/p-1/b10-8+,11-7?;;;;;;;. The summed E-state index contributed by atoms with van der Waals surface area (Å²) in [6.07, 6.45) is 12.0. The third kappa shape index (κ3) is 32.2. The molecule has 1 aromatic carbocycles. The Morgan fingerprint density at radius 1 is 0.918 bits per heavy atom. The summed E-state index contributed by atoms with van der Waals surface area (Å²) in [5, 5.41) is 58.7. The molecule has 3 unspecified atom stereocenters. The number of rotatable bonds is 15. The van der Waals surface area contributed by atoms with E-state index in [4.69, 9.17) is 42.0 Å². The van der Waals surface area contributed by atoms with Gasteiger partial charge >= 0.3 is 67.8 Å². The number of aliphatic imine (C=N–C) groups is 1. The zero-order chi connectivity index (χ0) is 44.4. The first-order chi connectivity index (χ1) is 28.2. The second-order valence-electron chi connectivity index (χ2n) is 10.7. The van der Waals surface area contributed by atoms with E-state index in [2.05, 4.69) is 78.6 Å². The fraction of sp³-hybridized carbons (Fsp3) is 0.250. The number of carboxylic acid groups (broad SMARTS) is 3. The van der Waals surface area contributed by atoms with Crippen molar-refractivity contribution in [2.75, 3.05) is 29.6 Å². The largest absolute Gasteiger partial charge is 1.00 e. The summed E-state index contributed by atoms with van der Waals surface area (Å²) in [6.45, 7) is 0.151. The first-order valence-electron chi connectivity index (χ1n) is 16.5. The number of nitrogens with one attached hydrogen (secondary N) is 6. The number of aromatic amines is 4. The second-order valence-corrected chi connectivity index (χ2v) is 11.3. The average Bonchev–Trinajstić information content (AvgIpc) is 4.05. The van der Waals surface area contributed by atoms with E-state index in [-0.39, 0.29) is 75.2 Å². The SMILES string of the molecule is CO/C([O-])=C/N=Cc1ccccc1.NC(CCc1cnc(NP)[nH]1)C(=O)O.Nc1ncc(CC(=O)O)[nH]1.O=C(O)Cc1cnc[nH]1.O=N[O-].OCCc1cnc(NP)[nH]1.[H+].[Li+].[Na+]. The van der Waals surface area contributed by atoms with Gasteiger partial charge in [-0.1, -0.05) is 30.3 Å². The number of ether oxygens (including phenoxy) is 1. The molecule has 0 saturated carbocycles. The number of nitrogens with zero attached hydrogens (tertiary/aromatic N) is 6. The molecule has 3 atom stereocenters. The maximum absolute atomic E-state index is 10.6. The Hall–Kier alpha value is -5.34. The zero-order valence-electron chi connectivity index (χ0n) is 34.4. The molecule has 5 rings (SSSR count). The number of carboxylic acids is 3. The van der Waals surface area contributed by atoms with Gasteiger partial charge in [0.05, 0.1) is 43.7 Å². The van der Waals surface area contributed by atoms with Gasteiger partial charge in [0, 0.05) is 54.4 Å². The number of aryl methyl sites for hydroxylation is 1. The van der Waals surface area contributed by atoms with E-state index in [1.165, 1.54) is 25.8 Å². The Labute approximate surface area is 388 Å². The second kappa shape index (κ2) is 37.6. The molecule has 4 heterocycles. The van der Waals surface area contributed by atoms with E-state index in [9.17, 15) is 19.5 Å². The van der Waals surface area contributed by atoms with Crippen LogP contribution in [0, 0.1) is 10.1 Å². The van der Waals surface area contributed by atoms with Gasteiger partial charge < -0.3 is 82.0 Å². The van der Waals surface area contributed by atoms with Crippen LogP contribution in [0.5, 0.6) is 0 Å². The topological polar surface area (TPSA) is 420 Å². The van der Waals surface area contributed by atoms with Crippen molar-refractivity contribution in [3.05, 3.63) is 112 Å². The minimum atomic E-state index is -0.978. The molecule has 25 nitrogen and oxygen atoms in total. The number of aromatic nitrogens is 8. The van der Waals surface area contributed by atoms with Gasteiger partial charge in [0.2, 0.25) is 11.9 Å². The fourth-order valence-electron chi connectivity index (χ4n) is 3.62. The molecule has 0 aliphatic carbocycles. The third-order valence-electron chi connectivity index (χ3n) is 6.24. The number of aliphatic carboxylic acids is 3. The van der Waals surface area contributed by atoms with Crippen LogP contribution in [0.3, 0.4) is 0 Å². The summed E-state index contributed by atoms with van der Waals surface area (Å²) in [5.74, 6) is -1.59. The molecule has 0 bridgehead atoms. The molecule has 0 spiro atoms. The summed E-state index contributed by atoms with van der Waals surface area (Å²) in [6, 6.07) is 8.70. The van der Waals surface area contributed by atoms with Crippen LogP contribution in [-0.2, 0) is 44.8 Å². The summed E-state index contributed by atoms with van der Waals surface area (Å²) >= 11 is 0. The number of methoxy groups -OCH3 is 1. The molecule has 0 fully saturated rings. The molecule has 0 amide bonds. The summed E-state index contributed by atoms with van der Waals surface area (Å²) in [7, 11) is 5.97. The monoisotopic (exact) mass is 895 g/mol. The average molecular weight is 896 g/mol. The van der Waals surface area contributed by atoms with Crippen LogP contribution in [0.2, 0.25) is 0 Å². The van der Waals surface area contributed by atoms with Crippen LogP contribution in [0.25, 0.3) is 0 Å². The number of hydrogen-bond donors (Lipinski definition) is 12. The number of nitrogens with two attached hydrogens (primary N) is 2. The quantitative estimate of drug-likeness (QED) is 0.0117. The van der Waals surface area contributed by atoms with Crippen molar-refractivity contribution < 1.29 is 94.5 Å². The van der Waals surface area contributed by atoms with Crippen molar-refractivity contribution in [3.8, 4) is 0 Å². The van der Waals surface area contributed by atoms with Crippen molar-refractivity contribution >= 4 is 60.7 Å².